The third-order valence-electron chi connectivity index (χ3n) is 3.97. The van der Waals surface area contributed by atoms with Crippen LogP contribution in [-0.2, 0) is 25.7 Å². The first-order chi connectivity index (χ1) is 13.3. The van der Waals surface area contributed by atoms with Gasteiger partial charge in [0.1, 0.15) is 12.4 Å². The first-order valence-electron chi connectivity index (χ1n) is 9.50. The van der Waals surface area contributed by atoms with E-state index in [0.29, 0.717) is 11.4 Å². The van der Waals surface area contributed by atoms with Crippen molar-refractivity contribution in [1.29, 1.82) is 0 Å². The number of anilines is 1. The predicted molar refractivity (Wildman–Crippen MR) is 104 cm³/mol. The molecule has 0 aromatic heterocycles. The minimum atomic E-state index is -1.13. The third kappa shape index (κ3) is 7.01. The van der Waals surface area contributed by atoms with E-state index in [2.05, 4.69) is 5.32 Å². The molecular weight excluding hydrogens is 366 g/mol. The molecule has 3 atom stereocenters. The molecule has 0 aliphatic carbocycles. The number of aliphatic hydroxyl groups excluding tert-OH is 1. The van der Waals surface area contributed by atoms with E-state index in [1.165, 1.54) is 0 Å². The van der Waals surface area contributed by atoms with Crippen LogP contribution < -0.4 is 10.1 Å². The van der Waals surface area contributed by atoms with Gasteiger partial charge in [-0.1, -0.05) is 33.8 Å². The molecule has 1 fully saturated rings. The maximum Gasteiger partial charge on any atom is 0.333 e. The summed E-state index contributed by atoms with van der Waals surface area (Å²) in [4.78, 5) is 22.7. The SMILES string of the molecule is CC.CNc1cc(COC(=O)C(C)C)ccc1OC1CC(O)CC(C(=O)O)O1. The van der Waals surface area contributed by atoms with Crippen molar-refractivity contribution >= 4 is 17.6 Å². The molecule has 0 radical (unpaired) electrons. The lowest BCUT2D eigenvalue weighted by Crippen LogP contribution is -2.42. The molecule has 2 rings (SSSR count). The quantitative estimate of drug-likeness (QED) is 0.602. The Hall–Kier alpha value is -2.32. The summed E-state index contributed by atoms with van der Waals surface area (Å²) in [7, 11) is 1.71. The summed E-state index contributed by atoms with van der Waals surface area (Å²) in [5.74, 6) is -1.15. The molecule has 28 heavy (non-hydrogen) atoms. The molecule has 0 spiro atoms. The van der Waals surface area contributed by atoms with E-state index in [1.807, 2.05) is 13.8 Å². The minimum Gasteiger partial charge on any atom is -0.479 e. The van der Waals surface area contributed by atoms with Gasteiger partial charge in [0, 0.05) is 19.9 Å². The van der Waals surface area contributed by atoms with Gasteiger partial charge < -0.3 is 29.7 Å². The van der Waals surface area contributed by atoms with Crippen LogP contribution in [0.2, 0.25) is 0 Å². The van der Waals surface area contributed by atoms with Crippen molar-refractivity contribution in [1.82, 2.24) is 0 Å². The molecule has 1 aromatic rings. The van der Waals surface area contributed by atoms with Crippen molar-refractivity contribution in [2.45, 2.75) is 65.6 Å². The molecule has 1 heterocycles. The molecule has 3 N–H and O–H groups in total. The number of aliphatic carboxylic acids is 1. The topological polar surface area (TPSA) is 114 Å². The Morgan fingerprint density at radius 1 is 1.29 bits per heavy atom. The molecule has 1 aliphatic rings. The number of carboxylic acids is 1. The summed E-state index contributed by atoms with van der Waals surface area (Å²) in [5.41, 5.74) is 1.42. The van der Waals surface area contributed by atoms with Crippen molar-refractivity contribution in [2.75, 3.05) is 12.4 Å². The van der Waals surface area contributed by atoms with Gasteiger partial charge in [0.05, 0.1) is 17.7 Å². The van der Waals surface area contributed by atoms with E-state index in [9.17, 15) is 14.7 Å². The minimum absolute atomic E-state index is 0.0359. The second kappa shape index (κ2) is 11.5. The fourth-order valence-electron chi connectivity index (χ4n) is 2.52. The van der Waals surface area contributed by atoms with Crippen molar-refractivity contribution in [3.8, 4) is 5.75 Å². The standard InChI is InChI=1S/C18H25NO7.C2H6/c1-10(2)18(23)24-9-11-4-5-14(13(6-11)19-3)25-16-8-12(20)7-15(26-16)17(21)22;1-2/h4-6,10,12,15-16,19-20H,7-9H2,1-3H3,(H,21,22);1-2H3. The second-order valence-corrected chi connectivity index (χ2v) is 6.48. The van der Waals surface area contributed by atoms with Gasteiger partial charge in [-0.25, -0.2) is 4.79 Å². The van der Waals surface area contributed by atoms with Crippen molar-refractivity contribution in [2.24, 2.45) is 5.92 Å². The van der Waals surface area contributed by atoms with Crippen LogP contribution in [0.3, 0.4) is 0 Å². The monoisotopic (exact) mass is 397 g/mol. The predicted octanol–water partition coefficient (Wildman–Crippen LogP) is 2.78. The molecule has 3 unspecified atom stereocenters. The van der Waals surface area contributed by atoms with Crippen molar-refractivity contribution in [3.05, 3.63) is 23.8 Å². The van der Waals surface area contributed by atoms with Crippen LogP contribution in [0.5, 0.6) is 5.75 Å². The maximum atomic E-state index is 11.6. The highest BCUT2D eigenvalue weighted by atomic mass is 16.7. The van der Waals surface area contributed by atoms with E-state index < -0.39 is 24.5 Å². The third-order valence-corrected chi connectivity index (χ3v) is 3.97. The average Bonchev–Trinajstić information content (AvgIpc) is 2.67. The fourth-order valence-corrected chi connectivity index (χ4v) is 2.52. The van der Waals surface area contributed by atoms with Crippen LogP contribution in [-0.4, -0.2) is 47.7 Å². The Labute approximate surface area is 165 Å². The molecule has 1 aliphatic heterocycles. The first kappa shape index (κ1) is 23.7. The summed E-state index contributed by atoms with van der Waals surface area (Å²) in [6, 6.07) is 5.21. The lowest BCUT2D eigenvalue weighted by molar-refractivity contribution is -0.195. The van der Waals surface area contributed by atoms with Gasteiger partial charge in [-0.3, -0.25) is 4.79 Å². The van der Waals surface area contributed by atoms with Gasteiger partial charge in [-0.2, -0.15) is 0 Å². The maximum absolute atomic E-state index is 11.6. The molecule has 0 saturated carbocycles. The first-order valence-corrected chi connectivity index (χ1v) is 9.50. The molecule has 158 valence electrons. The number of rotatable bonds is 7. The van der Waals surface area contributed by atoms with Crippen LogP contribution in [0.4, 0.5) is 5.69 Å². The van der Waals surface area contributed by atoms with E-state index >= 15 is 0 Å². The van der Waals surface area contributed by atoms with E-state index in [1.54, 1.807) is 39.1 Å². The number of benzene rings is 1. The van der Waals surface area contributed by atoms with Crippen LogP contribution in [0, 0.1) is 5.92 Å². The van der Waals surface area contributed by atoms with Crippen LogP contribution in [0.1, 0.15) is 46.1 Å². The Bertz CT molecular complexity index is 647. The highest BCUT2D eigenvalue weighted by molar-refractivity contribution is 5.72. The Kier molecular flexibility index (Phi) is 9.75. The summed E-state index contributed by atoms with van der Waals surface area (Å²) in [6.07, 6.45) is -2.55. The molecule has 0 amide bonds. The van der Waals surface area contributed by atoms with Crippen molar-refractivity contribution < 1.29 is 34.0 Å². The van der Waals surface area contributed by atoms with Gasteiger partial charge in [0.25, 0.3) is 0 Å². The van der Waals surface area contributed by atoms with Crippen LogP contribution in [0.25, 0.3) is 0 Å². The highest BCUT2D eigenvalue weighted by Crippen LogP contribution is 2.30. The largest absolute Gasteiger partial charge is 0.479 e. The molecular formula is C20H31NO7. The summed E-state index contributed by atoms with van der Waals surface area (Å²) in [5, 5.41) is 21.9. The van der Waals surface area contributed by atoms with Crippen LogP contribution in [0.15, 0.2) is 18.2 Å². The Morgan fingerprint density at radius 3 is 2.54 bits per heavy atom. The zero-order valence-electron chi connectivity index (χ0n) is 17.1. The normalized spacial score (nSPS) is 21.3. The molecule has 1 aromatic carbocycles. The number of ether oxygens (including phenoxy) is 3. The Balaban J connectivity index is 0.00000190. The number of hydrogen-bond donors (Lipinski definition) is 3. The molecule has 0 bridgehead atoms. The summed E-state index contributed by atoms with van der Waals surface area (Å²) >= 11 is 0. The fraction of sp³-hybridized carbons (Fsp3) is 0.600. The smallest absolute Gasteiger partial charge is 0.333 e. The number of carboxylic acid groups (broad SMARTS) is 1. The van der Waals surface area contributed by atoms with E-state index in [-0.39, 0.29) is 31.3 Å². The van der Waals surface area contributed by atoms with Crippen molar-refractivity contribution in [3.63, 3.8) is 0 Å². The highest BCUT2D eigenvalue weighted by Gasteiger charge is 2.34. The van der Waals surface area contributed by atoms with E-state index in [4.69, 9.17) is 19.3 Å². The Morgan fingerprint density at radius 2 is 1.96 bits per heavy atom. The number of nitrogens with one attached hydrogen (secondary N) is 1. The van der Waals surface area contributed by atoms with Crippen LogP contribution >= 0.6 is 0 Å². The number of esters is 1. The van der Waals surface area contributed by atoms with Gasteiger partial charge >= 0.3 is 11.9 Å². The van der Waals surface area contributed by atoms with Gasteiger partial charge in [-0.15, -0.1) is 0 Å². The van der Waals surface area contributed by atoms with Gasteiger partial charge in [0.15, 0.2) is 6.10 Å². The molecule has 8 heteroatoms. The summed E-state index contributed by atoms with van der Waals surface area (Å²) < 4.78 is 16.3. The zero-order valence-corrected chi connectivity index (χ0v) is 17.1. The summed E-state index contributed by atoms with van der Waals surface area (Å²) in [6.45, 7) is 7.67. The number of carbonyl (C=O) groups is 2. The second-order valence-electron chi connectivity index (χ2n) is 6.48. The molecule has 8 nitrogen and oxygen atoms in total. The van der Waals surface area contributed by atoms with E-state index in [0.717, 1.165) is 5.56 Å². The zero-order chi connectivity index (χ0) is 21.3. The van der Waals surface area contributed by atoms with Gasteiger partial charge in [-0.05, 0) is 17.7 Å². The average molecular weight is 397 g/mol. The number of carbonyl (C=O) groups excluding carboxylic acids is 1. The lowest BCUT2D eigenvalue weighted by atomic mass is 10.1. The number of hydrogen-bond acceptors (Lipinski definition) is 7. The lowest BCUT2D eigenvalue weighted by Gasteiger charge is -2.31. The number of aliphatic hydroxyl groups is 1. The molecule has 1 saturated heterocycles. The van der Waals surface area contributed by atoms with Gasteiger partial charge in [0.2, 0.25) is 6.29 Å².